The van der Waals surface area contributed by atoms with Gasteiger partial charge in [-0.25, -0.2) is 0 Å². The molecule has 7 heteroatoms. The minimum Gasteiger partial charge on any atom is -0.481 e. The molecule has 0 aliphatic carbocycles. The Kier molecular flexibility index (Phi) is 5.26. The molecular weight excluding hydrogens is 320 g/mol. The second kappa shape index (κ2) is 7.00. The fraction of sp³-hybridized carbons (Fsp3) is 0.438. The Labute approximate surface area is 140 Å². The maximum atomic E-state index is 12.4. The van der Waals surface area contributed by atoms with E-state index in [1.165, 1.54) is 0 Å². The molecule has 1 unspecified atom stereocenters. The van der Waals surface area contributed by atoms with Crippen LogP contribution in [-0.2, 0) is 9.59 Å². The lowest BCUT2D eigenvalue weighted by Crippen LogP contribution is -2.30. The standard InChI is InChI=1S/C16H18N2O4.ClH/c19-14-2-1-8-18(14)13-5-3-11(4-6-13)15(20)17-9-7-12(10-17)16(21)22;/h3-6,12H,1-2,7-10H2,(H,21,22);1H. The summed E-state index contributed by atoms with van der Waals surface area (Å²) in [4.78, 5) is 38.3. The Morgan fingerprint density at radius 1 is 1.13 bits per heavy atom. The first kappa shape index (κ1) is 17.3. The van der Waals surface area contributed by atoms with Crippen molar-refractivity contribution in [3.63, 3.8) is 0 Å². The van der Waals surface area contributed by atoms with Crippen LogP contribution < -0.4 is 4.90 Å². The van der Waals surface area contributed by atoms with Crippen molar-refractivity contribution in [2.45, 2.75) is 19.3 Å². The maximum absolute atomic E-state index is 12.4. The molecule has 3 rings (SSSR count). The van der Waals surface area contributed by atoms with Gasteiger partial charge in [-0.1, -0.05) is 0 Å². The second-order valence-corrected chi connectivity index (χ2v) is 5.77. The van der Waals surface area contributed by atoms with Crippen LogP contribution in [0.15, 0.2) is 24.3 Å². The zero-order valence-electron chi connectivity index (χ0n) is 12.6. The largest absolute Gasteiger partial charge is 0.481 e. The van der Waals surface area contributed by atoms with Gasteiger partial charge in [-0.15, -0.1) is 12.4 Å². The summed E-state index contributed by atoms with van der Waals surface area (Å²) in [7, 11) is 0. The van der Waals surface area contributed by atoms with E-state index in [0.717, 1.165) is 18.7 Å². The molecule has 2 amide bonds. The third kappa shape index (κ3) is 3.47. The van der Waals surface area contributed by atoms with Crippen LogP contribution in [0.4, 0.5) is 5.69 Å². The Bertz CT molecular complexity index is 617. The third-order valence-electron chi connectivity index (χ3n) is 4.32. The van der Waals surface area contributed by atoms with E-state index in [9.17, 15) is 14.4 Å². The highest BCUT2D eigenvalue weighted by Gasteiger charge is 2.31. The number of carbonyl (C=O) groups excluding carboxylic acids is 2. The number of hydrogen-bond acceptors (Lipinski definition) is 3. The van der Waals surface area contributed by atoms with Crippen molar-refractivity contribution < 1.29 is 19.5 Å². The molecule has 0 saturated carbocycles. The van der Waals surface area contributed by atoms with Gasteiger partial charge in [0, 0.05) is 37.3 Å². The summed E-state index contributed by atoms with van der Waals surface area (Å²) in [6.07, 6.45) is 1.94. The van der Waals surface area contributed by atoms with E-state index in [2.05, 4.69) is 0 Å². The molecule has 0 bridgehead atoms. The topological polar surface area (TPSA) is 77.9 Å². The zero-order valence-corrected chi connectivity index (χ0v) is 13.4. The lowest BCUT2D eigenvalue weighted by molar-refractivity contribution is -0.141. The molecule has 1 aromatic rings. The minimum absolute atomic E-state index is 0. The molecule has 2 heterocycles. The number of likely N-dealkylation sites (tertiary alicyclic amines) is 1. The number of anilines is 1. The number of carboxylic acid groups (broad SMARTS) is 1. The number of rotatable bonds is 3. The number of halogens is 1. The third-order valence-corrected chi connectivity index (χ3v) is 4.32. The molecule has 1 atom stereocenters. The summed E-state index contributed by atoms with van der Waals surface area (Å²) in [5, 5.41) is 8.99. The Morgan fingerprint density at radius 3 is 2.35 bits per heavy atom. The van der Waals surface area contributed by atoms with Crippen LogP contribution in [0.1, 0.15) is 29.6 Å². The van der Waals surface area contributed by atoms with Crippen LogP contribution in [0, 0.1) is 5.92 Å². The maximum Gasteiger partial charge on any atom is 0.308 e. The quantitative estimate of drug-likeness (QED) is 0.911. The molecule has 2 aliphatic heterocycles. The van der Waals surface area contributed by atoms with Gasteiger partial charge in [-0.05, 0) is 37.1 Å². The highest BCUT2D eigenvalue weighted by molar-refractivity contribution is 5.97. The predicted molar refractivity (Wildman–Crippen MR) is 86.9 cm³/mol. The molecule has 1 N–H and O–H groups in total. The number of benzene rings is 1. The van der Waals surface area contributed by atoms with Crippen LogP contribution in [0.25, 0.3) is 0 Å². The summed E-state index contributed by atoms with van der Waals surface area (Å²) in [5.74, 6) is -1.35. The molecule has 2 aliphatic rings. The number of amides is 2. The van der Waals surface area contributed by atoms with Gasteiger partial charge in [0.2, 0.25) is 5.91 Å². The van der Waals surface area contributed by atoms with Gasteiger partial charge < -0.3 is 14.9 Å². The molecular formula is C16H19ClN2O4. The van der Waals surface area contributed by atoms with Gasteiger partial charge in [0.25, 0.3) is 5.91 Å². The van der Waals surface area contributed by atoms with Crippen molar-refractivity contribution in [3.8, 4) is 0 Å². The fourth-order valence-electron chi connectivity index (χ4n) is 3.03. The van der Waals surface area contributed by atoms with Gasteiger partial charge in [0.1, 0.15) is 0 Å². The molecule has 1 aromatic carbocycles. The molecule has 2 saturated heterocycles. The van der Waals surface area contributed by atoms with Crippen LogP contribution in [-0.4, -0.2) is 47.4 Å². The number of carboxylic acids is 1. The van der Waals surface area contributed by atoms with E-state index in [0.29, 0.717) is 24.9 Å². The molecule has 0 spiro atoms. The van der Waals surface area contributed by atoms with Gasteiger partial charge >= 0.3 is 5.97 Å². The van der Waals surface area contributed by atoms with Gasteiger partial charge in [0.05, 0.1) is 5.92 Å². The summed E-state index contributed by atoms with van der Waals surface area (Å²) in [6, 6.07) is 6.97. The zero-order chi connectivity index (χ0) is 15.7. The monoisotopic (exact) mass is 338 g/mol. The molecule has 0 aromatic heterocycles. The lowest BCUT2D eigenvalue weighted by atomic mass is 10.1. The normalized spacial score (nSPS) is 20.5. The van der Waals surface area contributed by atoms with E-state index in [-0.39, 0.29) is 30.8 Å². The fourth-order valence-corrected chi connectivity index (χ4v) is 3.03. The Morgan fingerprint density at radius 2 is 1.83 bits per heavy atom. The van der Waals surface area contributed by atoms with Crippen LogP contribution in [0.5, 0.6) is 0 Å². The molecule has 23 heavy (non-hydrogen) atoms. The average molecular weight is 339 g/mol. The summed E-state index contributed by atoms with van der Waals surface area (Å²) < 4.78 is 0. The van der Waals surface area contributed by atoms with Gasteiger partial charge in [-0.3, -0.25) is 14.4 Å². The molecule has 124 valence electrons. The lowest BCUT2D eigenvalue weighted by Gasteiger charge is -2.18. The van der Waals surface area contributed by atoms with Crippen molar-refractivity contribution >= 4 is 35.9 Å². The predicted octanol–water partition coefficient (Wildman–Crippen LogP) is 1.78. The van der Waals surface area contributed by atoms with E-state index in [1.54, 1.807) is 34.1 Å². The first-order valence-corrected chi connectivity index (χ1v) is 7.49. The number of nitrogens with zero attached hydrogens (tertiary/aromatic N) is 2. The van der Waals surface area contributed by atoms with Crippen molar-refractivity contribution in [3.05, 3.63) is 29.8 Å². The first-order valence-electron chi connectivity index (χ1n) is 7.49. The Hall–Kier alpha value is -2.08. The number of hydrogen-bond donors (Lipinski definition) is 1. The SMILES string of the molecule is Cl.O=C(O)C1CCN(C(=O)c2ccc(N3CCCC3=O)cc2)C1. The van der Waals surface area contributed by atoms with Crippen LogP contribution in [0.2, 0.25) is 0 Å². The summed E-state index contributed by atoms with van der Waals surface area (Å²) >= 11 is 0. The van der Waals surface area contributed by atoms with Crippen molar-refractivity contribution in [2.75, 3.05) is 24.5 Å². The summed E-state index contributed by atoms with van der Waals surface area (Å²) in [6.45, 7) is 1.46. The van der Waals surface area contributed by atoms with E-state index in [4.69, 9.17) is 5.11 Å². The van der Waals surface area contributed by atoms with E-state index >= 15 is 0 Å². The van der Waals surface area contributed by atoms with Crippen molar-refractivity contribution in [1.29, 1.82) is 0 Å². The highest BCUT2D eigenvalue weighted by atomic mass is 35.5. The van der Waals surface area contributed by atoms with Crippen molar-refractivity contribution in [2.24, 2.45) is 5.92 Å². The van der Waals surface area contributed by atoms with E-state index in [1.807, 2.05) is 0 Å². The van der Waals surface area contributed by atoms with Crippen molar-refractivity contribution in [1.82, 2.24) is 4.90 Å². The highest BCUT2D eigenvalue weighted by Crippen LogP contribution is 2.23. The summed E-state index contributed by atoms with van der Waals surface area (Å²) in [5.41, 5.74) is 1.34. The van der Waals surface area contributed by atoms with Crippen LogP contribution >= 0.6 is 12.4 Å². The smallest absolute Gasteiger partial charge is 0.308 e. The Balaban J connectivity index is 0.00000192. The first-order chi connectivity index (χ1) is 10.6. The molecule has 2 fully saturated rings. The number of carbonyl (C=O) groups is 3. The van der Waals surface area contributed by atoms with Gasteiger partial charge in [-0.2, -0.15) is 0 Å². The molecule has 6 nitrogen and oxygen atoms in total. The average Bonchev–Trinajstić information content (AvgIpc) is 3.15. The van der Waals surface area contributed by atoms with Gasteiger partial charge in [0.15, 0.2) is 0 Å². The van der Waals surface area contributed by atoms with E-state index < -0.39 is 11.9 Å². The minimum atomic E-state index is -0.849. The van der Waals surface area contributed by atoms with Crippen LogP contribution in [0.3, 0.4) is 0 Å². The number of aliphatic carboxylic acids is 1. The second-order valence-electron chi connectivity index (χ2n) is 5.77. The molecule has 0 radical (unpaired) electrons.